The van der Waals surface area contributed by atoms with Crippen molar-refractivity contribution < 1.29 is 12.8 Å². The smallest absolute Gasteiger partial charge is 0.150 e. The second kappa shape index (κ2) is 5.57. The lowest BCUT2D eigenvalue weighted by Gasteiger charge is -2.25. The zero-order valence-electron chi connectivity index (χ0n) is 11.4. The third-order valence-corrected chi connectivity index (χ3v) is 5.84. The highest BCUT2D eigenvalue weighted by Crippen LogP contribution is 2.30. The van der Waals surface area contributed by atoms with Crippen LogP contribution in [0.1, 0.15) is 24.7 Å². The number of hydrogen-bond acceptors (Lipinski definition) is 3. The van der Waals surface area contributed by atoms with Crippen LogP contribution in [0, 0.1) is 5.82 Å². The number of alkyl halides is 1. The fraction of sp³-hybridized carbons (Fsp3) is 0.500. The molecule has 0 bridgehead atoms. The van der Waals surface area contributed by atoms with Crippen LogP contribution in [-0.2, 0) is 16.3 Å². The van der Waals surface area contributed by atoms with Crippen LogP contribution in [-0.4, -0.2) is 35.4 Å². The van der Waals surface area contributed by atoms with Crippen LogP contribution < -0.4 is 0 Å². The quantitative estimate of drug-likeness (QED) is 0.813. The number of aryl methyl sites for hydroxylation is 1. The lowest BCUT2D eigenvalue weighted by atomic mass is 10.1. The van der Waals surface area contributed by atoms with Crippen LogP contribution in [0.5, 0.6) is 0 Å². The lowest BCUT2D eigenvalue weighted by molar-refractivity contribution is 0.447. The Labute approximate surface area is 127 Å². The Morgan fingerprint density at radius 1 is 1.33 bits per heavy atom. The molecule has 114 valence electrons. The summed E-state index contributed by atoms with van der Waals surface area (Å²) in [7, 11) is -2.91. The minimum atomic E-state index is -2.91. The van der Waals surface area contributed by atoms with Gasteiger partial charge >= 0.3 is 0 Å². The van der Waals surface area contributed by atoms with E-state index in [1.807, 2.05) is 4.57 Å². The number of imidazole rings is 1. The third-order valence-electron chi connectivity index (χ3n) is 3.93. The second-order valence-electron chi connectivity index (χ2n) is 5.35. The fourth-order valence-corrected chi connectivity index (χ4v) is 4.56. The first-order valence-electron chi connectivity index (χ1n) is 6.93. The summed E-state index contributed by atoms with van der Waals surface area (Å²) in [5.74, 6) is 1.29. The Kier molecular flexibility index (Phi) is 3.92. The maximum atomic E-state index is 13.4. The number of nitrogens with zero attached hydrogens (tertiary/aromatic N) is 2. The van der Waals surface area contributed by atoms with Crippen LogP contribution >= 0.6 is 11.6 Å². The lowest BCUT2D eigenvalue weighted by Crippen LogP contribution is -2.26. The Morgan fingerprint density at radius 3 is 2.71 bits per heavy atom. The van der Waals surface area contributed by atoms with Gasteiger partial charge in [-0.15, -0.1) is 11.6 Å². The average molecular weight is 331 g/mol. The van der Waals surface area contributed by atoms with Gasteiger partial charge < -0.3 is 4.57 Å². The molecule has 0 amide bonds. The van der Waals surface area contributed by atoms with Crippen molar-refractivity contribution in [3.8, 4) is 0 Å². The average Bonchev–Trinajstić information content (AvgIpc) is 2.76. The first-order valence-corrected chi connectivity index (χ1v) is 9.28. The molecule has 0 aliphatic carbocycles. The normalized spacial score (nSPS) is 19.1. The number of aromatic nitrogens is 2. The van der Waals surface area contributed by atoms with E-state index >= 15 is 0 Å². The Balaban J connectivity index is 2.05. The number of hydrogen-bond donors (Lipinski definition) is 0. The van der Waals surface area contributed by atoms with Gasteiger partial charge in [0.1, 0.15) is 21.5 Å². The van der Waals surface area contributed by atoms with Gasteiger partial charge in [-0.05, 0) is 25.0 Å². The van der Waals surface area contributed by atoms with E-state index in [0.717, 1.165) is 11.3 Å². The molecule has 2 heterocycles. The highest BCUT2D eigenvalue weighted by molar-refractivity contribution is 7.91. The summed E-state index contributed by atoms with van der Waals surface area (Å²) in [4.78, 5) is 4.46. The molecule has 0 radical (unpaired) electrons. The zero-order chi connectivity index (χ0) is 15.0. The molecule has 0 atom stereocenters. The number of benzene rings is 1. The molecule has 1 fully saturated rings. The van der Waals surface area contributed by atoms with Crippen LogP contribution in [0.15, 0.2) is 18.2 Å². The predicted molar refractivity (Wildman–Crippen MR) is 81.0 cm³/mol. The van der Waals surface area contributed by atoms with E-state index in [4.69, 9.17) is 11.6 Å². The van der Waals surface area contributed by atoms with Gasteiger partial charge in [0.25, 0.3) is 0 Å². The molecule has 0 N–H and O–H groups in total. The molecular weight excluding hydrogens is 315 g/mol. The Hall–Kier alpha value is -1.14. The first kappa shape index (κ1) is 14.8. The molecule has 1 saturated heterocycles. The molecule has 1 aliphatic rings. The van der Waals surface area contributed by atoms with Gasteiger partial charge in [0.15, 0.2) is 0 Å². The number of fused-ring (bicyclic) bond motifs is 1. The van der Waals surface area contributed by atoms with Crippen molar-refractivity contribution in [2.45, 2.75) is 25.3 Å². The maximum absolute atomic E-state index is 13.4. The van der Waals surface area contributed by atoms with Crippen molar-refractivity contribution in [2.24, 2.45) is 0 Å². The van der Waals surface area contributed by atoms with Crippen molar-refractivity contribution >= 4 is 32.5 Å². The highest BCUT2D eigenvalue weighted by Gasteiger charge is 2.27. The van der Waals surface area contributed by atoms with E-state index in [9.17, 15) is 12.8 Å². The van der Waals surface area contributed by atoms with Gasteiger partial charge in [-0.1, -0.05) is 0 Å². The van der Waals surface area contributed by atoms with E-state index in [1.54, 1.807) is 6.07 Å². The SMILES string of the molecule is O=S1(=O)CCC(n2c(CCCl)nc3cc(F)ccc32)CC1. The minimum absolute atomic E-state index is 0.0854. The van der Waals surface area contributed by atoms with Gasteiger partial charge in [0, 0.05) is 24.4 Å². The van der Waals surface area contributed by atoms with E-state index in [0.29, 0.717) is 30.7 Å². The summed E-state index contributed by atoms with van der Waals surface area (Å²) in [6.07, 6.45) is 1.72. The Bertz CT molecular complexity index is 759. The first-order chi connectivity index (χ1) is 10.00. The molecule has 1 aromatic carbocycles. The number of sulfone groups is 1. The van der Waals surface area contributed by atoms with Gasteiger partial charge in [-0.2, -0.15) is 0 Å². The van der Waals surface area contributed by atoms with Gasteiger partial charge in [-0.25, -0.2) is 17.8 Å². The molecule has 2 aromatic rings. The molecular formula is C14H16ClFN2O2S. The van der Waals surface area contributed by atoms with Crippen molar-refractivity contribution in [3.05, 3.63) is 29.8 Å². The summed E-state index contributed by atoms with van der Waals surface area (Å²) in [5.41, 5.74) is 1.45. The third kappa shape index (κ3) is 2.92. The molecule has 0 saturated carbocycles. The maximum Gasteiger partial charge on any atom is 0.150 e. The van der Waals surface area contributed by atoms with E-state index < -0.39 is 9.84 Å². The van der Waals surface area contributed by atoms with Gasteiger partial charge in [-0.3, -0.25) is 0 Å². The fourth-order valence-electron chi connectivity index (χ4n) is 2.93. The van der Waals surface area contributed by atoms with Crippen molar-refractivity contribution in [2.75, 3.05) is 17.4 Å². The van der Waals surface area contributed by atoms with Crippen LogP contribution in [0.3, 0.4) is 0 Å². The standard InChI is InChI=1S/C14H16ClFN2O2S/c15-6-3-14-17-12-9-10(16)1-2-13(12)18(14)11-4-7-21(19,20)8-5-11/h1-2,9,11H,3-8H2. The minimum Gasteiger partial charge on any atom is -0.325 e. The van der Waals surface area contributed by atoms with E-state index in [2.05, 4.69) is 4.98 Å². The zero-order valence-corrected chi connectivity index (χ0v) is 13.0. The molecule has 1 aliphatic heterocycles. The van der Waals surface area contributed by atoms with Crippen molar-refractivity contribution in [3.63, 3.8) is 0 Å². The molecule has 0 unspecified atom stereocenters. The topological polar surface area (TPSA) is 52.0 Å². The highest BCUT2D eigenvalue weighted by atomic mass is 35.5. The molecule has 1 aromatic heterocycles. The number of halogens is 2. The van der Waals surface area contributed by atoms with Gasteiger partial charge in [0.2, 0.25) is 0 Å². The summed E-state index contributed by atoms with van der Waals surface area (Å²) in [6.45, 7) is 0. The van der Waals surface area contributed by atoms with Crippen molar-refractivity contribution in [1.29, 1.82) is 0 Å². The molecule has 4 nitrogen and oxygen atoms in total. The summed E-state index contributed by atoms with van der Waals surface area (Å²) in [6, 6.07) is 4.61. The van der Waals surface area contributed by atoms with Crippen LogP contribution in [0.4, 0.5) is 4.39 Å². The summed E-state index contributed by atoms with van der Waals surface area (Å²) < 4.78 is 38.6. The monoisotopic (exact) mass is 330 g/mol. The van der Waals surface area contributed by atoms with Gasteiger partial charge in [0.05, 0.1) is 22.5 Å². The molecule has 21 heavy (non-hydrogen) atoms. The summed E-state index contributed by atoms with van der Waals surface area (Å²) in [5, 5.41) is 0. The van der Waals surface area contributed by atoms with Crippen LogP contribution in [0.2, 0.25) is 0 Å². The van der Waals surface area contributed by atoms with E-state index in [-0.39, 0.29) is 23.4 Å². The van der Waals surface area contributed by atoms with E-state index in [1.165, 1.54) is 12.1 Å². The van der Waals surface area contributed by atoms with Crippen molar-refractivity contribution in [1.82, 2.24) is 9.55 Å². The second-order valence-corrected chi connectivity index (χ2v) is 8.03. The largest absolute Gasteiger partial charge is 0.325 e. The molecule has 3 rings (SSSR count). The number of rotatable bonds is 3. The molecule has 0 spiro atoms. The van der Waals surface area contributed by atoms with Crippen LogP contribution in [0.25, 0.3) is 11.0 Å². The molecule has 7 heteroatoms. The predicted octanol–water partition coefficient (Wildman–Crippen LogP) is 2.71. The summed E-state index contributed by atoms with van der Waals surface area (Å²) >= 11 is 5.83. The Morgan fingerprint density at radius 2 is 2.05 bits per heavy atom.